The van der Waals surface area contributed by atoms with E-state index >= 15 is 0 Å². The van der Waals surface area contributed by atoms with Gasteiger partial charge in [-0.1, -0.05) is 40.4 Å². The summed E-state index contributed by atoms with van der Waals surface area (Å²) in [5, 5.41) is 10.6. The van der Waals surface area contributed by atoms with Gasteiger partial charge in [0, 0.05) is 19.0 Å². The number of alkyl halides is 3. The number of carbonyl (C=O) groups excluding carboxylic acids is 2. The van der Waals surface area contributed by atoms with E-state index in [-0.39, 0.29) is 19.2 Å². The Kier molecular flexibility index (Phi) is 6.08. The third-order valence-electron chi connectivity index (χ3n) is 5.47. The molecule has 0 unspecified atom stereocenters. The van der Waals surface area contributed by atoms with Crippen LogP contribution < -0.4 is 9.47 Å². The number of ketones is 1. The van der Waals surface area contributed by atoms with Crippen molar-refractivity contribution < 1.29 is 28.9 Å². The first-order valence-corrected chi connectivity index (χ1v) is 10.7. The number of fused-ring (bicyclic) bond motifs is 4. The Morgan fingerprint density at radius 2 is 1.93 bits per heavy atom. The lowest BCUT2D eigenvalue weighted by Gasteiger charge is -2.28. The van der Waals surface area contributed by atoms with Crippen molar-refractivity contribution in [3.63, 3.8) is 0 Å². The molecule has 2 atom stereocenters. The van der Waals surface area contributed by atoms with Gasteiger partial charge in [0.1, 0.15) is 12.7 Å². The molecule has 2 heterocycles. The number of benzene rings is 1. The summed E-state index contributed by atoms with van der Waals surface area (Å²) in [6.07, 6.45) is 1.44. The van der Waals surface area contributed by atoms with Gasteiger partial charge in [-0.3, -0.25) is 4.79 Å². The molecule has 1 aliphatic carbocycles. The highest BCUT2D eigenvalue weighted by Gasteiger charge is 2.38. The van der Waals surface area contributed by atoms with Crippen molar-refractivity contribution in [2.45, 2.75) is 35.1 Å². The van der Waals surface area contributed by atoms with E-state index in [9.17, 15) is 14.7 Å². The van der Waals surface area contributed by atoms with Crippen molar-refractivity contribution >= 4 is 46.7 Å². The summed E-state index contributed by atoms with van der Waals surface area (Å²) in [5.41, 5.74) is 2.51. The van der Waals surface area contributed by atoms with Gasteiger partial charge in [0.15, 0.2) is 17.3 Å². The molecule has 0 bridgehead atoms. The van der Waals surface area contributed by atoms with Gasteiger partial charge in [0.25, 0.3) is 0 Å². The molecule has 10 heteroatoms. The first kappa shape index (κ1) is 21.6. The molecule has 30 heavy (non-hydrogen) atoms. The quantitative estimate of drug-likeness (QED) is 0.624. The van der Waals surface area contributed by atoms with E-state index in [1.54, 1.807) is 4.90 Å². The van der Waals surface area contributed by atoms with Gasteiger partial charge in [-0.15, -0.1) is 0 Å². The molecular weight excluding hydrogens is 457 g/mol. The van der Waals surface area contributed by atoms with Crippen molar-refractivity contribution in [2.24, 2.45) is 0 Å². The smallest absolute Gasteiger partial charge is 0.409 e. The van der Waals surface area contributed by atoms with Gasteiger partial charge < -0.3 is 24.2 Å². The number of amides is 1. The fourth-order valence-electron chi connectivity index (χ4n) is 4.09. The van der Waals surface area contributed by atoms with Crippen molar-refractivity contribution in [3.05, 3.63) is 34.9 Å². The number of nitrogens with zero attached hydrogens (tertiary/aromatic N) is 1. The molecule has 1 aromatic carbocycles. The number of halogens is 3. The largest absolute Gasteiger partial charge is 0.454 e. The zero-order valence-corrected chi connectivity index (χ0v) is 18.2. The molecule has 0 saturated heterocycles. The van der Waals surface area contributed by atoms with Crippen LogP contribution in [0.5, 0.6) is 11.5 Å². The molecule has 1 aromatic rings. The molecule has 0 aromatic heterocycles. The molecule has 3 aliphatic rings. The fraction of sp³-hybridized carbons (Fsp3) is 0.500. The summed E-state index contributed by atoms with van der Waals surface area (Å²) in [6.45, 7) is 0.535. The van der Waals surface area contributed by atoms with Gasteiger partial charge in [-0.2, -0.15) is 0 Å². The lowest BCUT2D eigenvalue weighted by molar-refractivity contribution is -0.121. The molecule has 0 radical (unpaired) electrons. The normalized spacial score (nSPS) is 23.5. The van der Waals surface area contributed by atoms with Crippen LogP contribution in [0.25, 0.3) is 0 Å². The van der Waals surface area contributed by atoms with Crippen LogP contribution in [-0.4, -0.2) is 58.3 Å². The van der Waals surface area contributed by atoms with Crippen molar-refractivity contribution in [2.75, 3.05) is 26.5 Å². The lowest BCUT2D eigenvalue weighted by atomic mass is 9.84. The zero-order chi connectivity index (χ0) is 21.5. The van der Waals surface area contributed by atoms with E-state index in [0.29, 0.717) is 43.9 Å². The maximum Gasteiger partial charge on any atom is 0.409 e. The van der Waals surface area contributed by atoms with Crippen LogP contribution in [0.4, 0.5) is 4.79 Å². The first-order valence-electron chi connectivity index (χ1n) is 9.56. The van der Waals surface area contributed by atoms with Crippen LogP contribution in [0, 0.1) is 0 Å². The Morgan fingerprint density at radius 3 is 2.67 bits per heavy atom. The molecule has 0 saturated carbocycles. The van der Waals surface area contributed by atoms with Crippen LogP contribution in [0.2, 0.25) is 0 Å². The van der Waals surface area contributed by atoms with Crippen molar-refractivity contribution in [1.82, 2.24) is 4.90 Å². The Hall–Kier alpha value is -1.67. The molecule has 0 fully saturated rings. The van der Waals surface area contributed by atoms with Gasteiger partial charge in [0.2, 0.25) is 10.6 Å². The second-order valence-electron chi connectivity index (χ2n) is 7.46. The molecule has 2 aliphatic heterocycles. The summed E-state index contributed by atoms with van der Waals surface area (Å²) >= 11 is 17.0. The number of aliphatic hydroxyl groups is 1. The fourth-order valence-corrected chi connectivity index (χ4v) is 4.25. The molecule has 4 rings (SSSR count). The van der Waals surface area contributed by atoms with E-state index in [1.165, 1.54) is 6.08 Å². The monoisotopic (exact) mass is 475 g/mol. The summed E-state index contributed by atoms with van der Waals surface area (Å²) < 4.78 is 14.4. The van der Waals surface area contributed by atoms with Crippen molar-refractivity contribution in [1.29, 1.82) is 0 Å². The number of aliphatic hydroxyl groups excluding tert-OH is 1. The Balaban J connectivity index is 1.63. The number of carbonyl (C=O) groups is 2. The summed E-state index contributed by atoms with van der Waals surface area (Å²) in [5.74, 6) is 0.442. The van der Waals surface area contributed by atoms with E-state index in [1.807, 2.05) is 12.1 Å². The Bertz CT molecular complexity index is 897. The summed E-state index contributed by atoms with van der Waals surface area (Å²) in [7, 11) is 0. The predicted molar refractivity (Wildman–Crippen MR) is 111 cm³/mol. The number of ether oxygens (including phenoxy) is 3. The molecule has 7 nitrogen and oxygen atoms in total. The molecule has 0 spiro atoms. The van der Waals surface area contributed by atoms with Gasteiger partial charge in [-0.25, -0.2) is 4.79 Å². The maximum atomic E-state index is 12.5. The molecular formula is C20H20Cl3NO6. The molecule has 1 amide bonds. The van der Waals surface area contributed by atoms with E-state index in [0.717, 1.165) is 16.7 Å². The van der Waals surface area contributed by atoms with E-state index in [4.69, 9.17) is 49.0 Å². The highest BCUT2D eigenvalue weighted by atomic mass is 35.6. The molecule has 1 N–H and O–H groups in total. The van der Waals surface area contributed by atoms with Crippen LogP contribution in [0.3, 0.4) is 0 Å². The van der Waals surface area contributed by atoms with E-state index < -0.39 is 21.9 Å². The van der Waals surface area contributed by atoms with Crippen LogP contribution in [-0.2, 0) is 16.0 Å². The predicted octanol–water partition coefficient (Wildman–Crippen LogP) is 3.51. The standard InChI is InChI=1S/C20H20Cl3NO6/c21-20(22,23)9-28-19(27)24-4-1-2-12-6-14(25)18(26)17(12)13-8-16-15(29-10-30-16)7-11(13)3-5-24/h6-8,17-18,26H,1-5,9-10H2/t17-,18+/m1/s1. The zero-order valence-electron chi connectivity index (χ0n) is 15.9. The number of hydrogen-bond acceptors (Lipinski definition) is 6. The van der Waals surface area contributed by atoms with Crippen molar-refractivity contribution in [3.8, 4) is 11.5 Å². The minimum Gasteiger partial charge on any atom is -0.454 e. The van der Waals surface area contributed by atoms with Gasteiger partial charge >= 0.3 is 6.09 Å². The number of rotatable bonds is 1. The summed E-state index contributed by atoms with van der Waals surface area (Å²) in [6, 6.07) is 3.67. The van der Waals surface area contributed by atoms with Crippen LogP contribution in [0.15, 0.2) is 23.8 Å². The highest BCUT2D eigenvalue weighted by molar-refractivity contribution is 6.67. The average Bonchev–Trinajstić information content (AvgIpc) is 3.25. The second-order valence-corrected chi connectivity index (χ2v) is 9.97. The minimum absolute atomic E-state index is 0.114. The topological polar surface area (TPSA) is 85.3 Å². The average molecular weight is 477 g/mol. The van der Waals surface area contributed by atoms with Crippen LogP contribution in [0.1, 0.15) is 29.9 Å². The third-order valence-corrected chi connectivity index (χ3v) is 5.79. The lowest BCUT2D eigenvalue weighted by Crippen LogP contribution is -2.36. The van der Waals surface area contributed by atoms with E-state index in [2.05, 4.69) is 0 Å². The second kappa shape index (κ2) is 8.46. The van der Waals surface area contributed by atoms with Crippen LogP contribution >= 0.6 is 34.8 Å². The van der Waals surface area contributed by atoms with Gasteiger partial charge in [0.05, 0.1) is 0 Å². The Morgan fingerprint density at radius 1 is 1.20 bits per heavy atom. The maximum absolute atomic E-state index is 12.5. The van der Waals surface area contributed by atoms with Gasteiger partial charge in [-0.05, 0) is 48.6 Å². The number of hydrogen-bond donors (Lipinski definition) is 1. The highest BCUT2D eigenvalue weighted by Crippen LogP contribution is 2.44. The third kappa shape index (κ3) is 4.49. The molecule has 162 valence electrons. The minimum atomic E-state index is -1.68. The SMILES string of the molecule is O=C1C=C2CCCN(C(=O)OCC(Cl)(Cl)Cl)CCc3cc4c(cc3[C@@H]2[C@H]1O)OCO4. The Labute approximate surface area is 188 Å². The summed E-state index contributed by atoms with van der Waals surface area (Å²) in [4.78, 5) is 26.3. The first-order chi connectivity index (χ1) is 14.2.